The monoisotopic (exact) mass is 293 g/mol. The summed E-state index contributed by atoms with van der Waals surface area (Å²) in [6.45, 7) is 6.97. The summed E-state index contributed by atoms with van der Waals surface area (Å²) in [7, 11) is 0. The molecule has 1 aromatic carbocycles. The number of hydrogen-bond acceptors (Lipinski definition) is 1. The van der Waals surface area contributed by atoms with E-state index in [1.807, 2.05) is 12.1 Å². The van der Waals surface area contributed by atoms with E-state index in [0.29, 0.717) is 5.96 Å². The molecule has 0 aliphatic heterocycles. The van der Waals surface area contributed by atoms with E-state index >= 15 is 0 Å². The second-order valence-electron chi connectivity index (χ2n) is 6.72. The van der Waals surface area contributed by atoms with E-state index in [0.717, 1.165) is 11.6 Å². The molecule has 1 aliphatic rings. The highest BCUT2D eigenvalue weighted by Gasteiger charge is 2.38. The quantitative estimate of drug-likeness (QED) is 0.662. The highest BCUT2D eigenvalue weighted by atomic mass is 35.5. The van der Waals surface area contributed by atoms with Crippen LogP contribution in [0.2, 0.25) is 5.02 Å². The van der Waals surface area contributed by atoms with Gasteiger partial charge in [-0.25, -0.2) is 0 Å². The lowest BCUT2D eigenvalue weighted by Crippen LogP contribution is -2.46. The van der Waals surface area contributed by atoms with Crippen LogP contribution in [0.3, 0.4) is 0 Å². The summed E-state index contributed by atoms with van der Waals surface area (Å²) in [6.07, 6.45) is 3.59. The Balaban J connectivity index is 2.09. The van der Waals surface area contributed by atoms with Gasteiger partial charge in [0.2, 0.25) is 0 Å². The van der Waals surface area contributed by atoms with E-state index in [1.165, 1.54) is 24.8 Å². The molecule has 1 fully saturated rings. The number of aliphatic imine (C=N–C) groups is 1. The molecule has 0 atom stereocenters. The molecule has 0 heterocycles. The van der Waals surface area contributed by atoms with Gasteiger partial charge in [0.05, 0.1) is 6.54 Å². The largest absolute Gasteiger partial charge is 0.370 e. The van der Waals surface area contributed by atoms with E-state index in [9.17, 15) is 0 Å². The van der Waals surface area contributed by atoms with Crippen molar-refractivity contribution in [2.75, 3.05) is 6.54 Å². The van der Waals surface area contributed by atoms with E-state index in [1.54, 1.807) is 0 Å². The highest BCUT2D eigenvalue weighted by Crippen LogP contribution is 2.44. The van der Waals surface area contributed by atoms with Gasteiger partial charge in [-0.05, 0) is 51.3 Å². The van der Waals surface area contributed by atoms with Crippen molar-refractivity contribution in [3.8, 4) is 0 Å². The van der Waals surface area contributed by atoms with Crippen LogP contribution in [0, 0.1) is 0 Å². The molecule has 1 saturated carbocycles. The van der Waals surface area contributed by atoms with Crippen LogP contribution >= 0.6 is 11.6 Å². The molecule has 0 spiro atoms. The molecule has 2 rings (SSSR count). The minimum Gasteiger partial charge on any atom is -0.370 e. The smallest absolute Gasteiger partial charge is 0.189 e. The number of halogens is 1. The molecule has 4 heteroatoms. The van der Waals surface area contributed by atoms with Crippen molar-refractivity contribution in [2.45, 2.75) is 51.0 Å². The van der Waals surface area contributed by atoms with Crippen molar-refractivity contribution >= 4 is 17.6 Å². The Morgan fingerprint density at radius 1 is 1.30 bits per heavy atom. The summed E-state index contributed by atoms with van der Waals surface area (Å²) < 4.78 is 0. The third-order valence-corrected chi connectivity index (χ3v) is 4.07. The van der Waals surface area contributed by atoms with Crippen LogP contribution < -0.4 is 11.1 Å². The zero-order chi connectivity index (χ0) is 14.8. The number of benzene rings is 1. The Labute approximate surface area is 126 Å². The molecule has 0 saturated heterocycles. The first-order chi connectivity index (χ1) is 9.31. The lowest BCUT2D eigenvalue weighted by atomic mass is 9.64. The fraction of sp³-hybridized carbons (Fsp3) is 0.562. The van der Waals surface area contributed by atoms with Gasteiger partial charge >= 0.3 is 0 Å². The summed E-state index contributed by atoms with van der Waals surface area (Å²) >= 11 is 5.97. The van der Waals surface area contributed by atoms with Gasteiger partial charge in [-0.15, -0.1) is 0 Å². The predicted octanol–water partition coefficient (Wildman–Crippen LogP) is 3.46. The first-order valence-electron chi connectivity index (χ1n) is 7.15. The maximum Gasteiger partial charge on any atom is 0.189 e. The molecule has 1 aliphatic carbocycles. The summed E-state index contributed by atoms with van der Waals surface area (Å²) in [4.78, 5) is 4.55. The molecular weight excluding hydrogens is 270 g/mol. The number of rotatable bonds is 3. The van der Waals surface area contributed by atoms with Crippen molar-refractivity contribution in [1.29, 1.82) is 0 Å². The van der Waals surface area contributed by atoms with E-state index in [2.05, 4.69) is 43.2 Å². The zero-order valence-electron chi connectivity index (χ0n) is 12.5. The second-order valence-corrected chi connectivity index (χ2v) is 7.15. The van der Waals surface area contributed by atoms with Crippen LogP contribution in [0.15, 0.2) is 29.3 Å². The molecule has 3 nitrogen and oxygen atoms in total. The Morgan fingerprint density at radius 3 is 2.35 bits per heavy atom. The maximum atomic E-state index is 5.97. The first-order valence-corrected chi connectivity index (χ1v) is 7.53. The molecular formula is C16H24ClN3. The fourth-order valence-electron chi connectivity index (χ4n) is 2.61. The first kappa shape index (κ1) is 15.2. The van der Waals surface area contributed by atoms with E-state index < -0.39 is 0 Å². The number of nitrogens with zero attached hydrogens (tertiary/aromatic N) is 1. The lowest BCUT2D eigenvalue weighted by Gasteiger charge is -2.41. The standard InChI is InChI=1S/C16H24ClN3/c1-15(2,3)20-14(18)19-11-16(9-4-10-16)12-5-7-13(17)8-6-12/h5-8H,4,9-11H2,1-3H3,(H3,18,19,20). The van der Waals surface area contributed by atoms with Crippen molar-refractivity contribution in [3.05, 3.63) is 34.9 Å². The Morgan fingerprint density at radius 2 is 1.90 bits per heavy atom. The van der Waals surface area contributed by atoms with Gasteiger partial charge in [0.1, 0.15) is 0 Å². The number of hydrogen-bond donors (Lipinski definition) is 2. The minimum atomic E-state index is -0.0549. The van der Waals surface area contributed by atoms with Gasteiger partial charge < -0.3 is 11.1 Å². The molecule has 0 radical (unpaired) electrons. The molecule has 0 aromatic heterocycles. The van der Waals surface area contributed by atoms with Gasteiger partial charge in [-0.1, -0.05) is 30.2 Å². The fourth-order valence-corrected chi connectivity index (χ4v) is 2.73. The van der Waals surface area contributed by atoms with Crippen LogP contribution in [0.5, 0.6) is 0 Å². The van der Waals surface area contributed by atoms with Crippen LogP contribution in [0.4, 0.5) is 0 Å². The number of guanidine groups is 1. The van der Waals surface area contributed by atoms with Crippen molar-refractivity contribution in [3.63, 3.8) is 0 Å². The molecule has 0 amide bonds. The Hall–Kier alpha value is -1.22. The molecule has 1 aromatic rings. The van der Waals surface area contributed by atoms with Crippen LogP contribution in [0.1, 0.15) is 45.6 Å². The zero-order valence-corrected chi connectivity index (χ0v) is 13.3. The molecule has 0 bridgehead atoms. The Bertz CT molecular complexity index is 481. The average Bonchev–Trinajstić information content (AvgIpc) is 2.27. The molecule has 0 unspecified atom stereocenters. The third kappa shape index (κ3) is 3.66. The maximum absolute atomic E-state index is 5.97. The van der Waals surface area contributed by atoms with E-state index in [4.69, 9.17) is 17.3 Å². The minimum absolute atomic E-state index is 0.0549. The number of nitrogens with two attached hydrogens (primary N) is 1. The molecule has 110 valence electrons. The molecule has 3 N–H and O–H groups in total. The average molecular weight is 294 g/mol. The van der Waals surface area contributed by atoms with Crippen LogP contribution in [0.25, 0.3) is 0 Å². The van der Waals surface area contributed by atoms with Crippen molar-refractivity contribution in [2.24, 2.45) is 10.7 Å². The van der Waals surface area contributed by atoms with Crippen LogP contribution in [-0.2, 0) is 5.41 Å². The summed E-state index contributed by atoms with van der Waals surface area (Å²) in [5.41, 5.74) is 7.38. The van der Waals surface area contributed by atoms with Gasteiger partial charge in [0.25, 0.3) is 0 Å². The topological polar surface area (TPSA) is 50.4 Å². The predicted molar refractivity (Wildman–Crippen MR) is 86.4 cm³/mol. The van der Waals surface area contributed by atoms with Gasteiger partial charge in [-0.2, -0.15) is 0 Å². The summed E-state index contributed by atoms with van der Waals surface area (Å²) in [5, 5.41) is 3.99. The SMILES string of the molecule is CC(C)(C)NC(N)=NCC1(c2ccc(Cl)cc2)CCC1. The van der Waals surface area contributed by atoms with Crippen LogP contribution in [-0.4, -0.2) is 18.0 Å². The highest BCUT2D eigenvalue weighted by molar-refractivity contribution is 6.30. The Kier molecular flexibility index (Phi) is 4.28. The van der Waals surface area contributed by atoms with Crippen molar-refractivity contribution in [1.82, 2.24) is 5.32 Å². The van der Waals surface area contributed by atoms with Crippen molar-refractivity contribution < 1.29 is 0 Å². The normalized spacial score (nSPS) is 18.5. The third-order valence-electron chi connectivity index (χ3n) is 3.82. The second kappa shape index (κ2) is 5.65. The lowest BCUT2D eigenvalue weighted by molar-refractivity contribution is 0.253. The van der Waals surface area contributed by atoms with Gasteiger partial charge in [-0.3, -0.25) is 4.99 Å². The van der Waals surface area contributed by atoms with E-state index in [-0.39, 0.29) is 11.0 Å². The summed E-state index contributed by atoms with van der Waals surface area (Å²) in [6, 6.07) is 8.14. The van der Waals surface area contributed by atoms with Gasteiger partial charge in [0, 0.05) is 16.0 Å². The summed E-state index contributed by atoms with van der Waals surface area (Å²) in [5.74, 6) is 0.526. The number of nitrogens with one attached hydrogen (secondary N) is 1. The molecule has 20 heavy (non-hydrogen) atoms. The van der Waals surface area contributed by atoms with Gasteiger partial charge in [0.15, 0.2) is 5.96 Å².